The fourth-order valence-electron chi connectivity index (χ4n) is 8.46. The van der Waals surface area contributed by atoms with Crippen LogP contribution in [0.5, 0.6) is 0 Å². The van der Waals surface area contributed by atoms with Crippen LogP contribution in [0.1, 0.15) is 0 Å². The van der Waals surface area contributed by atoms with Gasteiger partial charge in [0, 0.05) is 32.8 Å². The minimum Gasteiger partial charge on any atom is -0.456 e. The number of para-hydroxylation sites is 4. The van der Waals surface area contributed by atoms with E-state index in [1.165, 1.54) is 22.3 Å². The number of hydrogen-bond acceptors (Lipinski definition) is 3. The van der Waals surface area contributed by atoms with E-state index >= 15 is 0 Å². The highest BCUT2D eigenvalue weighted by atomic mass is 16.3. The molecule has 0 spiro atoms. The number of nitrogens with zero attached hydrogens (tertiary/aromatic N) is 1. The van der Waals surface area contributed by atoms with Crippen LogP contribution >= 0.6 is 0 Å². The van der Waals surface area contributed by atoms with Crippen LogP contribution in [-0.4, -0.2) is 0 Å². The molecule has 0 unspecified atom stereocenters. The Kier molecular flexibility index (Phi) is 7.82. The zero-order chi connectivity index (χ0) is 37.7. The van der Waals surface area contributed by atoms with E-state index in [0.29, 0.717) is 0 Å². The lowest BCUT2D eigenvalue weighted by molar-refractivity contribution is 0.668. The van der Waals surface area contributed by atoms with Gasteiger partial charge in [0.05, 0.1) is 11.4 Å². The van der Waals surface area contributed by atoms with E-state index in [0.717, 1.165) is 83.2 Å². The summed E-state index contributed by atoms with van der Waals surface area (Å²) in [6, 6.07) is 75.2. The van der Waals surface area contributed by atoms with Crippen molar-refractivity contribution in [3.8, 4) is 44.5 Å². The summed E-state index contributed by atoms with van der Waals surface area (Å²) < 4.78 is 12.9. The van der Waals surface area contributed by atoms with Crippen LogP contribution in [-0.2, 0) is 0 Å². The Morgan fingerprint density at radius 1 is 0.281 bits per heavy atom. The predicted octanol–water partition coefficient (Wildman–Crippen LogP) is 15.6. The summed E-state index contributed by atoms with van der Waals surface area (Å²) in [5, 5.41) is 4.43. The molecule has 0 aliphatic carbocycles. The molecule has 0 atom stereocenters. The predicted molar refractivity (Wildman–Crippen MR) is 237 cm³/mol. The highest BCUT2D eigenvalue weighted by molar-refractivity contribution is 6.11. The van der Waals surface area contributed by atoms with Crippen molar-refractivity contribution in [3.05, 3.63) is 212 Å². The molecule has 2 aromatic heterocycles. The molecule has 2 heterocycles. The van der Waals surface area contributed by atoms with Gasteiger partial charge in [-0.25, -0.2) is 0 Å². The smallest absolute Gasteiger partial charge is 0.159 e. The average Bonchev–Trinajstić information content (AvgIpc) is 3.86. The van der Waals surface area contributed by atoms with Gasteiger partial charge in [0.1, 0.15) is 16.7 Å². The van der Waals surface area contributed by atoms with Crippen LogP contribution in [0, 0.1) is 0 Å². The number of furan rings is 2. The molecule has 57 heavy (non-hydrogen) atoms. The maximum atomic E-state index is 6.72. The van der Waals surface area contributed by atoms with Crippen LogP contribution in [0.4, 0.5) is 17.1 Å². The summed E-state index contributed by atoms with van der Waals surface area (Å²) in [5.74, 6) is 0. The third-order valence-electron chi connectivity index (χ3n) is 11.1. The van der Waals surface area contributed by atoms with Crippen molar-refractivity contribution >= 4 is 60.9 Å². The Bertz CT molecular complexity index is 3240. The molecule has 11 aromatic rings. The molecule has 0 aliphatic heterocycles. The van der Waals surface area contributed by atoms with Crippen molar-refractivity contribution in [1.29, 1.82) is 0 Å². The van der Waals surface area contributed by atoms with Gasteiger partial charge in [0.15, 0.2) is 5.58 Å². The summed E-state index contributed by atoms with van der Waals surface area (Å²) in [4.78, 5) is 2.36. The van der Waals surface area contributed by atoms with Crippen molar-refractivity contribution in [1.82, 2.24) is 0 Å². The lowest BCUT2D eigenvalue weighted by atomic mass is 9.88. The molecule has 3 nitrogen and oxygen atoms in total. The summed E-state index contributed by atoms with van der Waals surface area (Å²) >= 11 is 0. The fourth-order valence-corrected chi connectivity index (χ4v) is 8.46. The van der Waals surface area contributed by atoms with E-state index in [-0.39, 0.29) is 0 Å². The number of fused-ring (bicyclic) bond motifs is 6. The summed E-state index contributed by atoms with van der Waals surface area (Å²) in [7, 11) is 0. The number of anilines is 3. The van der Waals surface area contributed by atoms with Gasteiger partial charge in [-0.2, -0.15) is 0 Å². The second-order valence-corrected chi connectivity index (χ2v) is 14.4. The van der Waals surface area contributed by atoms with Gasteiger partial charge in [-0.1, -0.05) is 164 Å². The number of benzene rings is 9. The molecule has 0 saturated heterocycles. The SMILES string of the molecule is c1ccc(-c2ccccc2-c2ccccc2-c2ccccc2N(c2ccc(-c3ccc4oc5ccccc5c4c3)cc2)c2cccc3c2oc2ccccc23)cc1. The topological polar surface area (TPSA) is 29.5 Å². The van der Waals surface area contributed by atoms with Gasteiger partial charge in [-0.3, -0.25) is 0 Å². The molecule has 268 valence electrons. The van der Waals surface area contributed by atoms with Gasteiger partial charge < -0.3 is 13.7 Å². The van der Waals surface area contributed by atoms with Crippen molar-refractivity contribution in [3.63, 3.8) is 0 Å². The number of rotatable bonds is 7. The molecule has 3 heteroatoms. The van der Waals surface area contributed by atoms with Crippen LogP contribution in [0.2, 0.25) is 0 Å². The zero-order valence-electron chi connectivity index (χ0n) is 31.0. The first-order chi connectivity index (χ1) is 28.3. The quantitative estimate of drug-likeness (QED) is 0.164. The van der Waals surface area contributed by atoms with Crippen LogP contribution in [0.15, 0.2) is 221 Å². The average molecular weight is 730 g/mol. The Morgan fingerprint density at radius 2 is 0.789 bits per heavy atom. The van der Waals surface area contributed by atoms with Gasteiger partial charge in [-0.15, -0.1) is 0 Å². The standard InChI is InChI=1S/C54H35NO2/c1-2-15-37(16-3-1)40-17-4-5-18-41(40)42-19-6-7-20-43(42)44-21-8-11-25-49(44)55(50-26-14-24-47-45-22-9-13-28-52(45)57-54(47)50)39-32-29-36(30-33-39)38-31-34-53-48(35-38)46-23-10-12-27-51(46)56-53/h1-35H. The highest BCUT2D eigenvalue weighted by Crippen LogP contribution is 2.48. The summed E-state index contributed by atoms with van der Waals surface area (Å²) in [5.41, 5.74) is 15.8. The molecule has 0 bridgehead atoms. The maximum absolute atomic E-state index is 6.72. The monoisotopic (exact) mass is 729 g/mol. The molecule has 11 rings (SSSR count). The van der Waals surface area contributed by atoms with E-state index < -0.39 is 0 Å². The third kappa shape index (κ3) is 5.60. The molecule has 0 fully saturated rings. The summed E-state index contributed by atoms with van der Waals surface area (Å²) in [6.07, 6.45) is 0. The minimum absolute atomic E-state index is 0.845. The number of hydrogen-bond donors (Lipinski definition) is 0. The Morgan fingerprint density at radius 3 is 1.54 bits per heavy atom. The van der Waals surface area contributed by atoms with Crippen LogP contribution in [0.25, 0.3) is 88.4 Å². The molecule has 0 saturated carbocycles. The van der Waals surface area contributed by atoms with Crippen LogP contribution < -0.4 is 4.90 Å². The fraction of sp³-hybridized carbons (Fsp3) is 0. The first-order valence-electron chi connectivity index (χ1n) is 19.3. The van der Waals surface area contributed by atoms with Gasteiger partial charge >= 0.3 is 0 Å². The first-order valence-corrected chi connectivity index (χ1v) is 19.3. The molecule has 0 radical (unpaired) electrons. The van der Waals surface area contributed by atoms with Crippen LogP contribution in [0.3, 0.4) is 0 Å². The van der Waals surface area contributed by atoms with Crippen molar-refractivity contribution in [2.75, 3.05) is 4.90 Å². The molecule has 0 N–H and O–H groups in total. The van der Waals surface area contributed by atoms with E-state index in [2.05, 4.69) is 193 Å². The van der Waals surface area contributed by atoms with E-state index in [1.54, 1.807) is 0 Å². The van der Waals surface area contributed by atoms with Crippen molar-refractivity contribution < 1.29 is 8.83 Å². The molecular weight excluding hydrogens is 695 g/mol. The van der Waals surface area contributed by atoms with Gasteiger partial charge in [0.2, 0.25) is 0 Å². The van der Waals surface area contributed by atoms with E-state index in [4.69, 9.17) is 8.83 Å². The largest absolute Gasteiger partial charge is 0.456 e. The second kappa shape index (κ2) is 13.6. The van der Waals surface area contributed by atoms with Gasteiger partial charge in [0.25, 0.3) is 0 Å². The zero-order valence-corrected chi connectivity index (χ0v) is 31.0. The molecule has 0 aliphatic rings. The molecule has 9 aromatic carbocycles. The van der Waals surface area contributed by atoms with E-state index in [1.807, 2.05) is 24.3 Å². The first kappa shape index (κ1) is 32.8. The molecular formula is C54H35NO2. The van der Waals surface area contributed by atoms with Crippen molar-refractivity contribution in [2.24, 2.45) is 0 Å². The third-order valence-corrected chi connectivity index (χ3v) is 11.1. The Labute approximate surface area is 330 Å². The lowest BCUT2D eigenvalue weighted by Crippen LogP contribution is -2.11. The second-order valence-electron chi connectivity index (χ2n) is 14.4. The highest BCUT2D eigenvalue weighted by Gasteiger charge is 2.23. The Hall–Kier alpha value is -7.62. The Balaban J connectivity index is 1.10. The van der Waals surface area contributed by atoms with E-state index in [9.17, 15) is 0 Å². The summed E-state index contributed by atoms with van der Waals surface area (Å²) in [6.45, 7) is 0. The molecule has 0 amide bonds. The lowest BCUT2D eigenvalue weighted by Gasteiger charge is -2.28. The normalized spacial score (nSPS) is 11.5. The maximum Gasteiger partial charge on any atom is 0.159 e. The minimum atomic E-state index is 0.845. The van der Waals surface area contributed by atoms with Crippen molar-refractivity contribution in [2.45, 2.75) is 0 Å². The van der Waals surface area contributed by atoms with Gasteiger partial charge in [-0.05, 0) is 87.5 Å².